The van der Waals surface area contributed by atoms with Gasteiger partial charge in [0.25, 0.3) is 5.91 Å². The summed E-state index contributed by atoms with van der Waals surface area (Å²) < 4.78 is 5.41. The van der Waals surface area contributed by atoms with Gasteiger partial charge in [0.1, 0.15) is 5.76 Å². The molecule has 2 rings (SSSR count). The number of amides is 1. The first kappa shape index (κ1) is 13.3. The molecule has 1 aromatic carbocycles. The van der Waals surface area contributed by atoms with E-state index in [0.717, 1.165) is 17.7 Å². The number of aromatic nitrogens is 1. The predicted molar refractivity (Wildman–Crippen MR) is 71.4 cm³/mol. The fourth-order valence-electron chi connectivity index (χ4n) is 1.64. The van der Waals surface area contributed by atoms with Gasteiger partial charge in [-0.05, 0) is 17.7 Å². The van der Waals surface area contributed by atoms with Crippen LogP contribution in [0, 0.1) is 0 Å². The summed E-state index contributed by atoms with van der Waals surface area (Å²) in [6.07, 6.45) is 2.47. The van der Waals surface area contributed by atoms with Crippen LogP contribution < -0.4 is 11.1 Å². The molecule has 0 aliphatic carbocycles. The quantitative estimate of drug-likeness (QED) is 0.855. The topological polar surface area (TPSA) is 81.2 Å². The number of carbonyl (C=O) groups is 1. The van der Waals surface area contributed by atoms with Gasteiger partial charge in [-0.15, -0.1) is 0 Å². The van der Waals surface area contributed by atoms with E-state index in [2.05, 4.69) is 10.3 Å². The Balaban J connectivity index is 1.93. The Bertz CT molecular complexity index is 546. The lowest BCUT2D eigenvalue weighted by Gasteiger charge is -2.03. The van der Waals surface area contributed by atoms with Crippen molar-refractivity contribution < 1.29 is 9.21 Å². The second kappa shape index (κ2) is 6.15. The fraction of sp³-hybridized carbons (Fsp3) is 0.286. The van der Waals surface area contributed by atoms with Crippen molar-refractivity contribution in [3.63, 3.8) is 0 Å². The average Bonchev–Trinajstić information content (AvgIpc) is 2.93. The molecule has 5 heteroatoms. The number of hydrogen-bond acceptors (Lipinski definition) is 4. The summed E-state index contributed by atoms with van der Waals surface area (Å²) in [5.41, 5.74) is 7.10. The van der Waals surface area contributed by atoms with Gasteiger partial charge in [0.05, 0.1) is 12.7 Å². The number of rotatable bonds is 5. The number of nitrogens with one attached hydrogen (secondary N) is 1. The molecule has 0 aliphatic heterocycles. The first-order valence-corrected chi connectivity index (χ1v) is 6.23. The summed E-state index contributed by atoms with van der Waals surface area (Å²) >= 11 is 0. The first-order valence-electron chi connectivity index (χ1n) is 6.23. The van der Waals surface area contributed by atoms with Crippen molar-refractivity contribution in [3.05, 3.63) is 53.2 Å². The average molecular weight is 259 g/mol. The van der Waals surface area contributed by atoms with E-state index in [9.17, 15) is 4.79 Å². The highest BCUT2D eigenvalue weighted by Gasteiger charge is 2.07. The van der Waals surface area contributed by atoms with Crippen LogP contribution in [0.1, 0.15) is 34.5 Å². The van der Waals surface area contributed by atoms with Gasteiger partial charge in [0, 0.05) is 18.5 Å². The van der Waals surface area contributed by atoms with Crippen molar-refractivity contribution >= 4 is 5.91 Å². The van der Waals surface area contributed by atoms with E-state index in [1.807, 2.05) is 19.1 Å². The van der Waals surface area contributed by atoms with Crippen LogP contribution in [0.15, 0.2) is 34.9 Å². The van der Waals surface area contributed by atoms with Crippen LogP contribution in [0.2, 0.25) is 0 Å². The van der Waals surface area contributed by atoms with E-state index >= 15 is 0 Å². The van der Waals surface area contributed by atoms with Crippen molar-refractivity contribution in [2.45, 2.75) is 26.4 Å². The molecule has 0 saturated heterocycles. The summed E-state index contributed by atoms with van der Waals surface area (Å²) in [5, 5.41) is 2.76. The largest absolute Gasteiger partial charge is 0.444 e. The van der Waals surface area contributed by atoms with Crippen molar-refractivity contribution in [2.75, 3.05) is 0 Å². The minimum atomic E-state index is -0.153. The molecule has 1 heterocycles. The highest BCUT2D eigenvalue weighted by atomic mass is 16.4. The zero-order chi connectivity index (χ0) is 13.7. The Labute approximate surface area is 111 Å². The molecule has 5 nitrogen and oxygen atoms in total. The van der Waals surface area contributed by atoms with Crippen molar-refractivity contribution in [3.8, 4) is 0 Å². The summed E-state index contributed by atoms with van der Waals surface area (Å²) in [7, 11) is 0. The van der Waals surface area contributed by atoms with Crippen LogP contribution in [-0.4, -0.2) is 10.9 Å². The van der Waals surface area contributed by atoms with Crippen LogP contribution in [0.3, 0.4) is 0 Å². The van der Waals surface area contributed by atoms with Crippen molar-refractivity contribution in [2.24, 2.45) is 5.73 Å². The lowest BCUT2D eigenvalue weighted by molar-refractivity contribution is 0.0947. The Morgan fingerprint density at radius 1 is 1.37 bits per heavy atom. The van der Waals surface area contributed by atoms with E-state index in [4.69, 9.17) is 10.2 Å². The molecule has 0 atom stereocenters. The zero-order valence-corrected chi connectivity index (χ0v) is 10.8. The van der Waals surface area contributed by atoms with Gasteiger partial charge in [-0.1, -0.05) is 19.1 Å². The third-order valence-electron chi connectivity index (χ3n) is 2.80. The van der Waals surface area contributed by atoms with E-state index < -0.39 is 0 Å². The summed E-state index contributed by atoms with van der Waals surface area (Å²) in [6.45, 7) is 2.75. The van der Waals surface area contributed by atoms with Gasteiger partial charge in [-0.2, -0.15) is 0 Å². The molecular weight excluding hydrogens is 242 g/mol. The van der Waals surface area contributed by atoms with Crippen LogP contribution >= 0.6 is 0 Å². The smallest absolute Gasteiger partial charge is 0.251 e. The van der Waals surface area contributed by atoms with Gasteiger partial charge in [-0.3, -0.25) is 4.79 Å². The molecule has 19 heavy (non-hydrogen) atoms. The standard InChI is InChI=1S/C14H17N3O2/c1-2-12-8-16-13(19-12)9-17-14(18)11-5-3-10(7-15)4-6-11/h3-6,8H,2,7,9,15H2,1H3,(H,17,18). The van der Waals surface area contributed by atoms with Gasteiger partial charge in [0.15, 0.2) is 0 Å². The number of hydrogen-bond donors (Lipinski definition) is 2. The fourth-order valence-corrected chi connectivity index (χ4v) is 1.64. The third-order valence-corrected chi connectivity index (χ3v) is 2.80. The monoisotopic (exact) mass is 259 g/mol. The zero-order valence-electron chi connectivity index (χ0n) is 10.8. The number of benzene rings is 1. The second-order valence-corrected chi connectivity index (χ2v) is 4.16. The van der Waals surface area contributed by atoms with Crippen molar-refractivity contribution in [1.82, 2.24) is 10.3 Å². The molecule has 0 aliphatic rings. The molecule has 2 aromatic rings. The molecule has 0 spiro atoms. The third kappa shape index (κ3) is 3.42. The minimum Gasteiger partial charge on any atom is -0.444 e. The maximum Gasteiger partial charge on any atom is 0.251 e. The molecule has 0 saturated carbocycles. The summed E-state index contributed by atoms with van der Waals surface area (Å²) in [6, 6.07) is 7.19. The first-order chi connectivity index (χ1) is 9.22. The highest BCUT2D eigenvalue weighted by molar-refractivity contribution is 5.94. The number of carbonyl (C=O) groups excluding carboxylic acids is 1. The minimum absolute atomic E-state index is 0.153. The molecule has 1 aromatic heterocycles. The van der Waals surface area contributed by atoms with Crippen LogP contribution in [-0.2, 0) is 19.5 Å². The van der Waals surface area contributed by atoms with E-state index in [1.54, 1.807) is 18.3 Å². The molecule has 0 unspecified atom stereocenters. The SMILES string of the molecule is CCc1cnc(CNC(=O)c2ccc(CN)cc2)o1. The number of oxazole rings is 1. The Kier molecular flexibility index (Phi) is 4.30. The van der Waals surface area contributed by atoms with Crippen molar-refractivity contribution in [1.29, 1.82) is 0 Å². The van der Waals surface area contributed by atoms with Crippen LogP contribution in [0.25, 0.3) is 0 Å². The molecule has 1 amide bonds. The van der Waals surface area contributed by atoms with E-state index in [-0.39, 0.29) is 12.5 Å². The Morgan fingerprint density at radius 3 is 2.68 bits per heavy atom. The van der Waals surface area contributed by atoms with Gasteiger partial charge < -0.3 is 15.5 Å². The molecular formula is C14H17N3O2. The van der Waals surface area contributed by atoms with E-state index in [0.29, 0.717) is 18.0 Å². The summed E-state index contributed by atoms with van der Waals surface area (Å²) in [4.78, 5) is 16.0. The maximum absolute atomic E-state index is 11.9. The molecule has 3 N–H and O–H groups in total. The van der Waals surface area contributed by atoms with Crippen LogP contribution in [0.5, 0.6) is 0 Å². The molecule has 100 valence electrons. The van der Waals surface area contributed by atoms with Gasteiger partial charge in [0.2, 0.25) is 5.89 Å². The lowest BCUT2D eigenvalue weighted by Crippen LogP contribution is -2.22. The molecule has 0 bridgehead atoms. The predicted octanol–water partition coefficient (Wildman–Crippen LogP) is 1.63. The maximum atomic E-state index is 11.9. The Hall–Kier alpha value is -2.14. The lowest BCUT2D eigenvalue weighted by atomic mass is 10.1. The van der Waals surface area contributed by atoms with Crippen LogP contribution in [0.4, 0.5) is 0 Å². The number of nitrogens with zero attached hydrogens (tertiary/aromatic N) is 1. The second-order valence-electron chi connectivity index (χ2n) is 4.16. The summed E-state index contributed by atoms with van der Waals surface area (Å²) in [5.74, 6) is 1.18. The molecule has 0 fully saturated rings. The Morgan fingerprint density at radius 2 is 2.11 bits per heavy atom. The number of nitrogens with two attached hydrogens (primary N) is 1. The number of aryl methyl sites for hydroxylation is 1. The van der Waals surface area contributed by atoms with Gasteiger partial charge in [-0.25, -0.2) is 4.98 Å². The normalized spacial score (nSPS) is 10.4. The van der Waals surface area contributed by atoms with Gasteiger partial charge >= 0.3 is 0 Å². The highest BCUT2D eigenvalue weighted by Crippen LogP contribution is 2.06. The van der Waals surface area contributed by atoms with E-state index in [1.165, 1.54) is 0 Å². The molecule has 0 radical (unpaired) electrons.